The molecule has 230 valence electrons. The lowest BCUT2D eigenvalue weighted by Crippen LogP contribution is -1.97. The van der Waals surface area contributed by atoms with Crippen LogP contribution < -0.4 is 0 Å². The molecule has 0 radical (unpaired) electrons. The first-order valence-corrected chi connectivity index (χ1v) is 17.1. The van der Waals surface area contributed by atoms with Gasteiger partial charge in [-0.25, -0.2) is 0 Å². The SMILES string of the molecule is O=[PH](O)O.c1cc2cc(c1)Cc1cccc(c1)Cc1cccc(c1)Cc1cccc(c1)Cc1cccc(c1)Cc1cccc(c1)C2. The van der Waals surface area contributed by atoms with E-state index >= 15 is 0 Å². The molecule has 0 aliphatic heterocycles. The molecule has 0 amide bonds. The summed E-state index contributed by atoms with van der Waals surface area (Å²) in [6.07, 6.45) is 5.72. The lowest BCUT2D eigenvalue weighted by atomic mass is 9.94. The highest BCUT2D eigenvalue weighted by molar-refractivity contribution is 7.30. The second kappa shape index (κ2) is 15.2. The van der Waals surface area contributed by atoms with Crippen LogP contribution in [0, 0.1) is 0 Å². The highest BCUT2D eigenvalue weighted by Gasteiger charge is 2.07. The predicted octanol–water partition coefficient (Wildman–Crippen LogP) is 8.91. The Hall–Kier alpha value is -4.53. The average molecular weight is 623 g/mol. The normalized spacial score (nSPS) is 12.8. The largest absolute Gasteiger partial charge is 0.326 e. The quantitative estimate of drug-likeness (QED) is 0.166. The predicted molar refractivity (Wildman–Crippen MR) is 189 cm³/mol. The first kappa shape index (κ1) is 31.5. The van der Waals surface area contributed by atoms with Crippen LogP contribution in [-0.2, 0) is 43.1 Å². The highest BCUT2D eigenvalue weighted by Crippen LogP contribution is 2.22. The fourth-order valence-corrected chi connectivity index (χ4v) is 6.51. The molecule has 6 aromatic rings. The maximum Gasteiger partial charge on any atom is 0.314 e. The Bertz CT molecular complexity index is 1500. The summed E-state index contributed by atoms with van der Waals surface area (Å²) in [5.74, 6) is 0. The van der Waals surface area contributed by atoms with Gasteiger partial charge in [-0.15, -0.1) is 0 Å². The second-order valence-corrected chi connectivity index (χ2v) is 12.8. The minimum atomic E-state index is -3.13. The molecule has 1 aliphatic rings. The van der Waals surface area contributed by atoms with Crippen molar-refractivity contribution in [1.82, 2.24) is 0 Å². The van der Waals surface area contributed by atoms with E-state index in [2.05, 4.69) is 146 Å². The van der Waals surface area contributed by atoms with E-state index in [4.69, 9.17) is 14.4 Å². The van der Waals surface area contributed by atoms with Crippen molar-refractivity contribution in [2.75, 3.05) is 0 Å². The van der Waals surface area contributed by atoms with Crippen molar-refractivity contribution >= 4 is 8.25 Å². The van der Waals surface area contributed by atoms with Gasteiger partial charge in [-0.05, 0) is 105 Å². The summed E-state index contributed by atoms with van der Waals surface area (Å²) in [6, 6.07) is 54.8. The molecular formula is C42H39O3P. The van der Waals surface area contributed by atoms with Crippen molar-refractivity contribution in [3.63, 3.8) is 0 Å². The summed E-state index contributed by atoms with van der Waals surface area (Å²) in [5.41, 5.74) is 16.5. The number of fused-ring (bicyclic) bond motifs is 12. The Morgan fingerprint density at radius 1 is 0.304 bits per heavy atom. The molecule has 3 nitrogen and oxygen atoms in total. The Morgan fingerprint density at radius 2 is 0.413 bits per heavy atom. The number of rotatable bonds is 0. The van der Waals surface area contributed by atoms with Crippen molar-refractivity contribution in [2.45, 2.75) is 38.5 Å². The first-order chi connectivity index (χ1) is 22.4. The summed E-state index contributed by atoms with van der Waals surface area (Å²) < 4.78 is 8.74. The van der Waals surface area contributed by atoms with E-state index in [0.717, 1.165) is 38.5 Å². The third-order valence-electron chi connectivity index (χ3n) is 8.40. The molecule has 0 unspecified atom stereocenters. The summed E-state index contributed by atoms with van der Waals surface area (Å²) in [6.45, 7) is 0. The van der Waals surface area contributed by atoms with Gasteiger partial charge in [0, 0.05) is 0 Å². The van der Waals surface area contributed by atoms with E-state index < -0.39 is 8.25 Å². The zero-order valence-corrected chi connectivity index (χ0v) is 26.9. The molecule has 0 saturated carbocycles. The van der Waals surface area contributed by atoms with Crippen LogP contribution in [0.15, 0.2) is 146 Å². The van der Waals surface area contributed by atoms with Gasteiger partial charge < -0.3 is 9.79 Å². The fraction of sp³-hybridized carbons (Fsp3) is 0.143. The minimum absolute atomic E-state index is 0.953. The molecule has 0 aromatic heterocycles. The molecule has 12 bridgehead atoms. The van der Waals surface area contributed by atoms with Gasteiger partial charge in [0.2, 0.25) is 0 Å². The van der Waals surface area contributed by atoms with Crippen LogP contribution in [0.25, 0.3) is 0 Å². The minimum Gasteiger partial charge on any atom is -0.326 e. The van der Waals surface area contributed by atoms with Crippen LogP contribution in [0.2, 0.25) is 0 Å². The number of benzene rings is 6. The zero-order chi connectivity index (χ0) is 31.7. The van der Waals surface area contributed by atoms with Crippen LogP contribution in [0.5, 0.6) is 0 Å². The summed E-state index contributed by atoms with van der Waals surface area (Å²) in [5, 5.41) is 0. The molecule has 0 heterocycles. The molecular weight excluding hydrogens is 583 g/mol. The number of hydrogen-bond acceptors (Lipinski definition) is 1. The molecule has 46 heavy (non-hydrogen) atoms. The summed E-state index contributed by atoms with van der Waals surface area (Å²) in [4.78, 5) is 14.3. The molecule has 0 saturated heterocycles. The van der Waals surface area contributed by atoms with E-state index in [1.807, 2.05) is 0 Å². The Labute approximate surface area is 272 Å². The van der Waals surface area contributed by atoms with Gasteiger partial charge in [-0.3, -0.25) is 4.57 Å². The molecule has 0 fully saturated rings. The molecule has 0 spiro atoms. The van der Waals surface area contributed by atoms with E-state index in [1.165, 1.54) is 66.8 Å². The topological polar surface area (TPSA) is 57.5 Å². The highest BCUT2D eigenvalue weighted by atomic mass is 31.1. The van der Waals surface area contributed by atoms with Crippen molar-refractivity contribution in [1.29, 1.82) is 0 Å². The molecule has 2 N–H and O–H groups in total. The van der Waals surface area contributed by atoms with Gasteiger partial charge in [0.05, 0.1) is 0 Å². The van der Waals surface area contributed by atoms with Crippen LogP contribution in [0.3, 0.4) is 0 Å². The van der Waals surface area contributed by atoms with Gasteiger partial charge in [0.1, 0.15) is 0 Å². The van der Waals surface area contributed by atoms with Crippen molar-refractivity contribution in [3.05, 3.63) is 212 Å². The molecule has 4 heteroatoms. The van der Waals surface area contributed by atoms with Crippen LogP contribution in [0.1, 0.15) is 66.8 Å². The van der Waals surface area contributed by atoms with E-state index in [0.29, 0.717) is 0 Å². The van der Waals surface area contributed by atoms with Gasteiger partial charge in [0.15, 0.2) is 0 Å². The van der Waals surface area contributed by atoms with Crippen molar-refractivity contribution < 1.29 is 14.4 Å². The fourth-order valence-electron chi connectivity index (χ4n) is 6.51. The van der Waals surface area contributed by atoms with Crippen LogP contribution in [0.4, 0.5) is 0 Å². The lowest BCUT2D eigenvalue weighted by Gasteiger charge is -2.11. The third-order valence-corrected chi connectivity index (χ3v) is 8.40. The average Bonchev–Trinajstić information content (AvgIpc) is 3.02. The van der Waals surface area contributed by atoms with Gasteiger partial charge >= 0.3 is 8.25 Å². The first-order valence-electron chi connectivity index (χ1n) is 15.8. The third kappa shape index (κ3) is 9.25. The van der Waals surface area contributed by atoms with Crippen molar-refractivity contribution in [3.8, 4) is 0 Å². The van der Waals surface area contributed by atoms with Gasteiger partial charge in [0.25, 0.3) is 0 Å². The maximum absolute atomic E-state index is 8.74. The monoisotopic (exact) mass is 622 g/mol. The Kier molecular flexibility index (Phi) is 10.4. The Balaban J connectivity index is 0.000000879. The molecule has 1 aliphatic carbocycles. The van der Waals surface area contributed by atoms with Crippen LogP contribution in [-0.4, -0.2) is 9.79 Å². The zero-order valence-electron chi connectivity index (χ0n) is 25.9. The molecule has 0 atom stereocenters. The van der Waals surface area contributed by atoms with Gasteiger partial charge in [-0.1, -0.05) is 146 Å². The summed E-state index contributed by atoms with van der Waals surface area (Å²) in [7, 11) is -3.13. The van der Waals surface area contributed by atoms with Crippen molar-refractivity contribution in [2.24, 2.45) is 0 Å². The van der Waals surface area contributed by atoms with E-state index in [9.17, 15) is 0 Å². The summed E-state index contributed by atoms with van der Waals surface area (Å²) >= 11 is 0. The maximum atomic E-state index is 8.74. The van der Waals surface area contributed by atoms with Gasteiger partial charge in [-0.2, -0.15) is 0 Å². The standard InChI is InChI=1S/C42H36.H3O3P/c1-7-31-19-32(8-1)26-34-10-3-12-36(21-34)28-38-14-5-16-40(23-38)30-42-18-6-17-41(24-42)29-39-15-4-13-37(22-39)27-35-11-2-9-33(20-35)25-31;1-4(2)3/h1-24H,25-30H2;4H,(H2,1,2,3). The van der Waals surface area contributed by atoms with E-state index in [1.54, 1.807) is 0 Å². The van der Waals surface area contributed by atoms with E-state index in [-0.39, 0.29) is 0 Å². The number of hydrogen-bond donors (Lipinski definition) is 2. The molecule has 6 aromatic carbocycles. The Morgan fingerprint density at radius 3 is 0.522 bits per heavy atom. The lowest BCUT2D eigenvalue weighted by molar-refractivity contribution is 0.405. The smallest absolute Gasteiger partial charge is 0.314 e. The second-order valence-electron chi connectivity index (χ2n) is 12.3. The van der Waals surface area contributed by atoms with Crippen LogP contribution >= 0.6 is 8.25 Å². The molecule has 7 rings (SSSR count).